The van der Waals surface area contributed by atoms with Crippen LogP contribution < -0.4 is 5.48 Å². The molecule has 2 N–H and O–H groups in total. The molecule has 1 aromatic heterocycles. The maximum Gasteiger partial charge on any atom is 0.267 e. The number of carbonyl (C=O) groups is 1. The van der Waals surface area contributed by atoms with Crippen molar-refractivity contribution in [2.45, 2.75) is 39.9 Å². The molecule has 0 saturated carbocycles. The number of hydrogen-bond acceptors (Lipinski definition) is 4. The molecule has 1 aliphatic heterocycles. The smallest absolute Gasteiger partial charge is 0.267 e. The number of carbonyl (C=O) groups excluding carboxylic acids is 1. The zero-order valence-corrected chi connectivity index (χ0v) is 22.1. The second-order valence-corrected chi connectivity index (χ2v) is 8.64. The van der Waals surface area contributed by atoms with E-state index in [2.05, 4.69) is 70.7 Å². The normalized spacial score (nSPS) is 13.5. The molecule has 0 bridgehead atoms. The predicted molar refractivity (Wildman–Crippen MR) is 147 cm³/mol. The summed E-state index contributed by atoms with van der Waals surface area (Å²) in [6.07, 6.45) is 4.13. The molecule has 4 rings (SSSR count). The number of aromatic nitrogens is 1. The second-order valence-electron chi connectivity index (χ2n) is 8.64. The SMILES string of the molecule is CCN(CC)CCn1c2c(c3cc(/C=C/C(=O)NO)ccc31)CN(Cc1ccccc1)CC2.Cl.Cl. The van der Waals surface area contributed by atoms with E-state index in [9.17, 15) is 4.79 Å². The van der Waals surface area contributed by atoms with Crippen molar-refractivity contribution in [3.05, 3.63) is 77.0 Å². The highest BCUT2D eigenvalue weighted by atomic mass is 35.5. The Labute approximate surface area is 220 Å². The van der Waals surface area contributed by atoms with E-state index >= 15 is 0 Å². The molecule has 0 spiro atoms. The fourth-order valence-electron chi connectivity index (χ4n) is 4.85. The average molecular weight is 520 g/mol. The maximum atomic E-state index is 11.4. The lowest BCUT2D eigenvalue weighted by molar-refractivity contribution is -0.124. The van der Waals surface area contributed by atoms with Gasteiger partial charge in [0.05, 0.1) is 0 Å². The number of amides is 1. The van der Waals surface area contributed by atoms with Gasteiger partial charge in [0.15, 0.2) is 0 Å². The van der Waals surface area contributed by atoms with E-state index in [-0.39, 0.29) is 24.8 Å². The van der Waals surface area contributed by atoms with Crippen LogP contribution in [0.3, 0.4) is 0 Å². The van der Waals surface area contributed by atoms with Gasteiger partial charge in [-0.2, -0.15) is 0 Å². The van der Waals surface area contributed by atoms with Crippen molar-refractivity contribution in [3.8, 4) is 0 Å². The third-order valence-corrected chi connectivity index (χ3v) is 6.68. The summed E-state index contributed by atoms with van der Waals surface area (Å²) in [5.41, 5.74) is 8.04. The van der Waals surface area contributed by atoms with Crippen molar-refractivity contribution in [1.29, 1.82) is 0 Å². The van der Waals surface area contributed by atoms with E-state index < -0.39 is 5.91 Å². The zero-order valence-electron chi connectivity index (χ0n) is 20.4. The second kappa shape index (κ2) is 13.7. The number of benzene rings is 2. The fourth-order valence-corrected chi connectivity index (χ4v) is 4.85. The van der Waals surface area contributed by atoms with Crippen LogP contribution in [0.5, 0.6) is 0 Å². The quantitative estimate of drug-likeness (QED) is 0.240. The standard InChI is InChI=1S/C27H34N4O2.2ClH/c1-3-29(4-2)16-17-31-25-12-10-21(11-13-27(32)28-33)18-23(25)24-20-30(15-14-26(24)31)19-22-8-6-5-7-9-22;;/h5-13,18,33H,3-4,14-17,19-20H2,1-2H3,(H,28,32);2*1H/b13-11+;;. The summed E-state index contributed by atoms with van der Waals surface area (Å²) in [6, 6.07) is 17.0. The van der Waals surface area contributed by atoms with E-state index in [1.807, 2.05) is 6.07 Å². The number of hydrogen-bond donors (Lipinski definition) is 2. The minimum Gasteiger partial charge on any atom is -0.343 e. The van der Waals surface area contributed by atoms with Gasteiger partial charge in [0.1, 0.15) is 0 Å². The number of rotatable bonds is 9. The first-order valence-electron chi connectivity index (χ1n) is 11.9. The van der Waals surface area contributed by atoms with Gasteiger partial charge in [-0.05, 0) is 48.0 Å². The van der Waals surface area contributed by atoms with E-state index in [1.54, 1.807) is 11.6 Å². The Morgan fingerprint density at radius 2 is 1.86 bits per heavy atom. The minimum atomic E-state index is -0.525. The van der Waals surface area contributed by atoms with Crippen molar-refractivity contribution in [3.63, 3.8) is 0 Å². The van der Waals surface area contributed by atoms with Gasteiger partial charge in [0.25, 0.3) is 5.91 Å². The molecule has 2 aromatic carbocycles. The fraction of sp³-hybridized carbons (Fsp3) is 0.370. The highest BCUT2D eigenvalue weighted by Gasteiger charge is 2.24. The number of hydroxylamine groups is 1. The van der Waals surface area contributed by atoms with Crippen LogP contribution in [0.25, 0.3) is 17.0 Å². The van der Waals surface area contributed by atoms with Crippen LogP contribution in [0.1, 0.15) is 36.2 Å². The van der Waals surface area contributed by atoms with Gasteiger partial charge in [0, 0.05) is 61.8 Å². The molecule has 1 aliphatic rings. The van der Waals surface area contributed by atoms with Gasteiger partial charge in [-0.15, -0.1) is 24.8 Å². The summed E-state index contributed by atoms with van der Waals surface area (Å²) in [7, 11) is 0. The lowest BCUT2D eigenvalue weighted by atomic mass is 10.0. The molecular weight excluding hydrogens is 483 g/mol. The third kappa shape index (κ3) is 6.87. The highest BCUT2D eigenvalue weighted by Crippen LogP contribution is 2.32. The van der Waals surface area contributed by atoms with Crippen molar-refractivity contribution in [2.75, 3.05) is 26.2 Å². The largest absolute Gasteiger partial charge is 0.343 e. The van der Waals surface area contributed by atoms with Crippen LogP contribution in [0.4, 0.5) is 0 Å². The number of halogens is 2. The minimum absolute atomic E-state index is 0. The van der Waals surface area contributed by atoms with Gasteiger partial charge in [-0.1, -0.05) is 50.2 Å². The first kappa shape index (κ1) is 28.9. The van der Waals surface area contributed by atoms with Gasteiger partial charge < -0.3 is 9.47 Å². The summed E-state index contributed by atoms with van der Waals surface area (Å²) in [4.78, 5) is 16.4. The summed E-state index contributed by atoms with van der Waals surface area (Å²) in [6.45, 7) is 11.5. The summed E-state index contributed by atoms with van der Waals surface area (Å²) in [5.74, 6) is -0.525. The molecule has 35 heavy (non-hydrogen) atoms. The van der Waals surface area contributed by atoms with E-state index in [0.29, 0.717) is 0 Å². The van der Waals surface area contributed by atoms with Crippen molar-refractivity contribution in [2.24, 2.45) is 0 Å². The van der Waals surface area contributed by atoms with Gasteiger partial charge in [-0.3, -0.25) is 14.9 Å². The number of nitrogens with one attached hydrogen (secondary N) is 1. The van der Waals surface area contributed by atoms with Crippen LogP contribution in [0.15, 0.2) is 54.6 Å². The molecule has 0 saturated heterocycles. The maximum absolute atomic E-state index is 11.4. The topological polar surface area (TPSA) is 60.7 Å². The molecule has 0 fully saturated rings. The molecule has 190 valence electrons. The van der Waals surface area contributed by atoms with Crippen LogP contribution in [0.2, 0.25) is 0 Å². The van der Waals surface area contributed by atoms with E-state index in [0.717, 1.165) is 57.8 Å². The molecule has 2 heterocycles. The van der Waals surface area contributed by atoms with Crippen LogP contribution in [-0.4, -0.2) is 51.7 Å². The molecule has 0 aliphatic carbocycles. The molecular formula is C27H36Cl2N4O2. The third-order valence-electron chi connectivity index (χ3n) is 6.68. The Balaban J connectivity index is 0.00000216. The Morgan fingerprint density at radius 1 is 1.11 bits per heavy atom. The summed E-state index contributed by atoms with van der Waals surface area (Å²) in [5, 5.41) is 10.0. The highest BCUT2D eigenvalue weighted by molar-refractivity contribution is 5.93. The van der Waals surface area contributed by atoms with Crippen LogP contribution >= 0.6 is 24.8 Å². The average Bonchev–Trinajstić information content (AvgIpc) is 3.16. The lowest BCUT2D eigenvalue weighted by Gasteiger charge is -2.28. The molecule has 3 aromatic rings. The van der Waals surface area contributed by atoms with E-state index in [4.69, 9.17) is 5.21 Å². The molecule has 0 radical (unpaired) electrons. The lowest BCUT2D eigenvalue weighted by Crippen LogP contribution is -2.32. The number of likely N-dealkylation sites (N-methyl/N-ethyl adjacent to an activating group) is 1. The monoisotopic (exact) mass is 518 g/mol. The van der Waals surface area contributed by atoms with Crippen molar-refractivity contribution in [1.82, 2.24) is 19.8 Å². The summed E-state index contributed by atoms with van der Waals surface area (Å²) >= 11 is 0. The first-order chi connectivity index (χ1) is 16.1. The molecule has 1 amide bonds. The number of nitrogens with zero attached hydrogens (tertiary/aromatic N) is 3. The molecule has 6 nitrogen and oxygen atoms in total. The first-order valence-corrected chi connectivity index (χ1v) is 11.9. The predicted octanol–water partition coefficient (Wildman–Crippen LogP) is 4.90. The van der Waals surface area contributed by atoms with E-state index in [1.165, 1.54) is 33.8 Å². The van der Waals surface area contributed by atoms with Crippen molar-refractivity contribution >= 4 is 47.7 Å². The van der Waals surface area contributed by atoms with Crippen LogP contribution in [-0.2, 0) is 30.8 Å². The Bertz CT molecular complexity index is 1130. The molecule has 0 atom stereocenters. The summed E-state index contributed by atoms with van der Waals surface area (Å²) < 4.78 is 2.51. The zero-order chi connectivity index (χ0) is 23.2. The Kier molecular flexibility index (Phi) is 11.3. The van der Waals surface area contributed by atoms with Gasteiger partial charge >= 0.3 is 0 Å². The van der Waals surface area contributed by atoms with Gasteiger partial charge in [-0.25, -0.2) is 5.48 Å². The van der Waals surface area contributed by atoms with Crippen LogP contribution in [0, 0.1) is 0 Å². The number of fused-ring (bicyclic) bond motifs is 3. The molecule has 8 heteroatoms. The molecule has 0 unspecified atom stereocenters. The van der Waals surface area contributed by atoms with Crippen molar-refractivity contribution < 1.29 is 10.0 Å². The Hall–Kier alpha value is -2.35. The Morgan fingerprint density at radius 3 is 2.54 bits per heavy atom. The van der Waals surface area contributed by atoms with Gasteiger partial charge in [0.2, 0.25) is 0 Å².